The van der Waals surface area contributed by atoms with Crippen molar-refractivity contribution in [1.82, 2.24) is 24.5 Å². The number of aromatic nitrogens is 5. The highest BCUT2D eigenvalue weighted by atomic mass is 35.5. The number of anilines is 1. The second-order valence-electron chi connectivity index (χ2n) is 7.17. The van der Waals surface area contributed by atoms with Gasteiger partial charge in [0.25, 0.3) is 5.56 Å². The highest BCUT2D eigenvalue weighted by Crippen LogP contribution is 2.24. The van der Waals surface area contributed by atoms with Crippen molar-refractivity contribution < 1.29 is 0 Å². The SMILES string of the molecule is CC(C)n1cncc1-c1ccnc(N[C@@H](C)c2cc3cccc(Cl)c3[nH]c2=O)n1. The first-order valence-corrected chi connectivity index (χ1v) is 9.75. The summed E-state index contributed by atoms with van der Waals surface area (Å²) < 4.78 is 2.05. The molecule has 0 spiro atoms. The molecule has 0 fully saturated rings. The Morgan fingerprint density at radius 2 is 2.03 bits per heavy atom. The van der Waals surface area contributed by atoms with Crippen LogP contribution < -0.4 is 10.9 Å². The number of nitrogens with one attached hydrogen (secondary N) is 2. The first-order chi connectivity index (χ1) is 13.9. The molecule has 0 saturated heterocycles. The van der Waals surface area contributed by atoms with Gasteiger partial charge in [-0.25, -0.2) is 15.0 Å². The molecule has 0 aliphatic heterocycles. The van der Waals surface area contributed by atoms with Crippen molar-refractivity contribution in [2.24, 2.45) is 0 Å². The number of nitrogens with zero attached hydrogens (tertiary/aromatic N) is 4. The van der Waals surface area contributed by atoms with Gasteiger partial charge in [0.15, 0.2) is 0 Å². The molecule has 0 aliphatic carbocycles. The van der Waals surface area contributed by atoms with Crippen molar-refractivity contribution >= 4 is 28.5 Å². The van der Waals surface area contributed by atoms with Gasteiger partial charge < -0.3 is 14.9 Å². The minimum absolute atomic E-state index is 0.195. The van der Waals surface area contributed by atoms with E-state index in [1.165, 1.54) is 0 Å². The van der Waals surface area contributed by atoms with Crippen LogP contribution in [-0.4, -0.2) is 24.5 Å². The van der Waals surface area contributed by atoms with Crippen LogP contribution in [0.4, 0.5) is 5.95 Å². The van der Waals surface area contributed by atoms with Gasteiger partial charge in [-0.05, 0) is 39.0 Å². The van der Waals surface area contributed by atoms with Crippen molar-refractivity contribution in [2.75, 3.05) is 5.32 Å². The van der Waals surface area contributed by atoms with E-state index in [0.717, 1.165) is 16.8 Å². The Labute approximate surface area is 172 Å². The molecule has 4 aromatic rings. The molecule has 8 heteroatoms. The molecular weight excluding hydrogens is 388 g/mol. The molecule has 0 bridgehead atoms. The van der Waals surface area contributed by atoms with E-state index >= 15 is 0 Å². The van der Waals surface area contributed by atoms with Gasteiger partial charge in [-0.3, -0.25) is 4.79 Å². The second kappa shape index (κ2) is 7.67. The molecule has 0 aliphatic rings. The van der Waals surface area contributed by atoms with Gasteiger partial charge in [0.2, 0.25) is 5.95 Å². The average molecular weight is 409 g/mol. The largest absolute Gasteiger partial charge is 0.347 e. The summed E-state index contributed by atoms with van der Waals surface area (Å²) in [6.45, 7) is 6.08. The van der Waals surface area contributed by atoms with Crippen LogP contribution in [0, 0.1) is 0 Å². The highest BCUT2D eigenvalue weighted by molar-refractivity contribution is 6.35. The number of pyridine rings is 1. The second-order valence-corrected chi connectivity index (χ2v) is 7.58. The number of fused-ring (bicyclic) bond motifs is 1. The van der Waals surface area contributed by atoms with Crippen LogP contribution in [-0.2, 0) is 0 Å². The Kier molecular flexibility index (Phi) is 5.07. The van der Waals surface area contributed by atoms with Gasteiger partial charge in [0, 0.05) is 23.2 Å². The summed E-state index contributed by atoms with van der Waals surface area (Å²) in [6.07, 6.45) is 5.27. The maximum absolute atomic E-state index is 12.6. The van der Waals surface area contributed by atoms with Crippen molar-refractivity contribution in [3.8, 4) is 11.4 Å². The Balaban J connectivity index is 1.65. The van der Waals surface area contributed by atoms with E-state index in [0.29, 0.717) is 22.1 Å². The third kappa shape index (κ3) is 3.73. The molecular formula is C21H21ClN6O. The summed E-state index contributed by atoms with van der Waals surface area (Å²) in [6, 6.07) is 9.18. The number of hydrogen-bond donors (Lipinski definition) is 2. The molecule has 148 valence electrons. The summed E-state index contributed by atoms with van der Waals surface area (Å²) in [7, 11) is 0. The van der Waals surface area contributed by atoms with Crippen LogP contribution in [0.1, 0.15) is 38.4 Å². The summed E-state index contributed by atoms with van der Waals surface area (Å²) in [5.74, 6) is 0.442. The van der Waals surface area contributed by atoms with Gasteiger partial charge in [0.05, 0.1) is 40.5 Å². The van der Waals surface area contributed by atoms with Crippen LogP contribution in [0.5, 0.6) is 0 Å². The monoisotopic (exact) mass is 408 g/mol. The lowest BCUT2D eigenvalue weighted by molar-refractivity contribution is 0.604. The highest BCUT2D eigenvalue weighted by Gasteiger charge is 2.15. The molecule has 0 radical (unpaired) electrons. The fourth-order valence-electron chi connectivity index (χ4n) is 3.29. The third-order valence-corrected chi connectivity index (χ3v) is 5.13. The van der Waals surface area contributed by atoms with Gasteiger partial charge in [-0.1, -0.05) is 23.7 Å². The standard InChI is InChI=1S/C21H21ClN6O/c1-12(2)28-11-23-10-18(28)17-7-8-24-21(26-17)25-13(3)15-9-14-5-4-6-16(22)19(14)27-20(15)29/h4-13H,1-3H3,(H,27,29)(H,24,25,26)/t13-/m0/s1. The number of rotatable bonds is 5. The minimum Gasteiger partial charge on any atom is -0.347 e. The zero-order valence-corrected chi connectivity index (χ0v) is 17.1. The third-order valence-electron chi connectivity index (χ3n) is 4.81. The number of aromatic amines is 1. The zero-order valence-electron chi connectivity index (χ0n) is 16.3. The van der Waals surface area contributed by atoms with Crippen LogP contribution >= 0.6 is 11.6 Å². The predicted molar refractivity (Wildman–Crippen MR) is 115 cm³/mol. The normalized spacial score (nSPS) is 12.4. The van der Waals surface area contributed by atoms with Crippen LogP contribution in [0.15, 0.2) is 53.8 Å². The van der Waals surface area contributed by atoms with Crippen LogP contribution in [0.3, 0.4) is 0 Å². The van der Waals surface area contributed by atoms with Crippen molar-refractivity contribution in [1.29, 1.82) is 0 Å². The fourth-order valence-corrected chi connectivity index (χ4v) is 3.52. The lowest BCUT2D eigenvalue weighted by Gasteiger charge is -2.15. The molecule has 29 heavy (non-hydrogen) atoms. The number of para-hydroxylation sites is 1. The van der Waals surface area contributed by atoms with Gasteiger partial charge in [0.1, 0.15) is 0 Å². The summed E-state index contributed by atoms with van der Waals surface area (Å²) in [4.78, 5) is 28.6. The van der Waals surface area contributed by atoms with E-state index in [4.69, 9.17) is 11.6 Å². The molecule has 3 aromatic heterocycles. The molecule has 0 amide bonds. The maximum Gasteiger partial charge on any atom is 0.253 e. The number of hydrogen-bond acceptors (Lipinski definition) is 5. The average Bonchev–Trinajstić information content (AvgIpc) is 3.19. The molecule has 0 saturated carbocycles. The molecule has 7 nitrogen and oxygen atoms in total. The zero-order chi connectivity index (χ0) is 20.5. The summed E-state index contributed by atoms with van der Waals surface area (Å²) >= 11 is 6.18. The molecule has 3 heterocycles. The summed E-state index contributed by atoms with van der Waals surface area (Å²) in [5.41, 5.74) is 2.70. The molecule has 4 rings (SSSR count). The molecule has 0 unspecified atom stereocenters. The van der Waals surface area contributed by atoms with Crippen molar-refractivity contribution in [3.63, 3.8) is 0 Å². The van der Waals surface area contributed by atoms with E-state index in [1.54, 1.807) is 24.8 Å². The van der Waals surface area contributed by atoms with Gasteiger partial charge in [-0.2, -0.15) is 0 Å². The number of benzene rings is 1. The van der Waals surface area contributed by atoms with E-state index in [1.807, 2.05) is 35.8 Å². The first-order valence-electron chi connectivity index (χ1n) is 9.37. The van der Waals surface area contributed by atoms with E-state index in [-0.39, 0.29) is 17.6 Å². The minimum atomic E-state index is -0.299. The molecule has 2 N–H and O–H groups in total. The number of H-pyrrole nitrogens is 1. The summed E-state index contributed by atoms with van der Waals surface area (Å²) in [5, 5.41) is 4.61. The topological polar surface area (TPSA) is 88.5 Å². The first kappa shape index (κ1) is 19.1. The van der Waals surface area contributed by atoms with Crippen molar-refractivity contribution in [2.45, 2.75) is 32.9 Å². The van der Waals surface area contributed by atoms with E-state index in [9.17, 15) is 4.79 Å². The lowest BCUT2D eigenvalue weighted by Crippen LogP contribution is -2.20. The molecule has 1 aromatic carbocycles. The quantitative estimate of drug-likeness (QED) is 0.504. The number of halogens is 1. The smallest absolute Gasteiger partial charge is 0.253 e. The lowest BCUT2D eigenvalue weighted by atomic mass is 10.1. The van der Waals surface area contributed by atoms with E-state index in [2.05, 4.69) is 39.1 Å². The van der Waals surface area contributed by atoms with Gasteiger partial charge >= 0.3 is 0 Å². The Morgan fingerprint density at radius 1 is 1.21 bits per heavy atom. The van der Waals surface area contributed by atoms with E-state index < -0.39 is 0 Å². The fraction of sp³-hybridized carbons (Fsp3) is 0.238. The predicted octanol–water partition coefficient (Wildman–Crippen LogP) is 4.59. The van der Waals surface area contributed by atoms with Gasteiger partial charge in [-0.15, -0.1) is 0 Å². The Hall–Kier alpha value is -3.19. The maximum atomic E-state index is 12.6. The number of imidazole rings is 1. The van der Waals surface area contributed by atoms with Crippen LogP contribution in [0.25, 0.3) is 22.3 Å². The van der Waals surface area contributed by atoms with Crippen molar-refractivity contribution in [3.05, 3.63) is 70.0 Å². The van der Waals surface area contributed by atoms with Crippen LogP contribution in [0.2, 0.25) is 5.02 Å². The Morgan fingerprint density at radius 3 is 2.83 bits per heavy atom. The molecule has 1 atom stereocenters. The Bertz CT molecular complexity index is 1230.